The van der Waals surface area contributed by atoms with Gasteiger partial charge in [-0.05, 0) is 26.0 Å². The second-order valence-electron chi connectivity index (χ2n) is 3.36. The largest absolute Gasteiger partial charge is 1.00 e. The van der Waals surface area contributed by atoms with Crippen LogP contribution in [0.15, 0.2) is 30.3 Å². The van der Waals surface area contributed by atoms with Crippen LogP contribution in [0.2, 0.25) is 0 Å². The minimum absolute atomic E-state index is 0. The van der Waals surface area contributed by atoms with Crippen LogP contribution in [0.25, 0.3) is 0 Å². The Bertz CT molecular complexity index is 229. The Balaban J connectivity index is 0.00000144. The number of benzene rings is 1. The fraction of sp³-hybridized carbons (Fsp3) is 0.455. The first-order chi connectivity index (χ1) is 5.73. The summed E-state index contributed by atoms with van der Waals surface area (Å²) in [5.74, 6) is 0. The molecule has 1 aromatic rings. The molecule has 0 spiro atoms. The summed E-state index contributed by atoms with van der Waals surface area (Å²) in [6, 6.07) is 10.7. The van der Waals surface area contributed by atoms with Crippen LogP contribution in [0, 0.1) is 0 Å². The van der Waals surface area contributed by atoms with Crippen molar-refractivity contribution in [3.8, 4) is 0 Å². The third kappa shape index (κ3) is 2.95. The van der Waals surface area contributed by atoms with Gasteiger partial charge in [0.25, 0.3) is 0 Å². The van der Waals surface area contributed by atoms with Crippen LogP contribution in [0.4, 0.5) is 5.69 Å². The van der Waals surface area contributed by atoms with Gasteiger partial charge in [-0.1, -0.05) is 18.2 Å². The smallest absolute Gasteiger partial charge is 0.132 e. The van der Waals surface area contributed by atoms with Crippen LogP contribution in [0.5, 0.6) is 0 Å². The summed E-state index contributed by atoms with van der Waals surface area (Å²) in [5, 5.41) is 0. The number of quaternary nitrogens is 1. The molecule has 0 aromatic heterocycles. The topological polar surface area (TPSA) is 0 Å². The highest BCUT2D eigenvalue weighted by Gasteiger charge is 2.18. The molecule has 0 bridgehead atoms. The SMILES string of the molecule is CC[N+](C)(CC)c1ccccc1.[I-]. The summed E-state index contributed by atoms with van der Waals surface area (Å²) < 4.78 is 1.03. The molecule has 1 aromatic carbocycles. The van der Waals surface area contributed by atoms with E-state index in [-0.39, 0.29) is 24.0 Å². The van der Waals surface area contributed by atoms with Gasteiger partial charge in [-0.2, -0.15) is 0 Å². The molecule has 0 fully saturated rings. The number of hydrogen-bond donors (Lipinski definition) is 0. The molecule has 0 amide bonds. The average Bonchev–Trinajstić information content (AvgIpc) is 2.18. The fourth-order valence-electron chi connectivity index (χ4n) is 1.38. The molecule has 0 unspecified atom stereocenters. The number of para-hydroxylation sites is 1. The zero-order chi connectivity index (χ0) is 9.03. The Morgan fingerprint density at radius 1 is 1.00 bits per heavy atom. The van der Waals surface area contributed by atoms with E-state index < -0.39 is 0 Å². The highest BCUT2D eigenvalue weighted by atomic mass is 127. The van der Waals surface area contributed by atoms with E-state index in [1.807, 2.05) is 0 Å². The van der Waals surface area contributed by atoms with Crippen LogP contribution in [0.3, 0.4) is 0 Å². The molecule has 0 radical (unpaired) electrons. The first-order valence-electron chi connectivity index (χ1n) is 4.63. The highest BCUT2D eigenvalue weighted by molar-refractivity contribution is 5.41. The van der Waals surface area contributed by atoms with Crippen molar-refractivity contribution in [3.05, 3.63) is 30.3 Å². The Morgan fingerprint density at radius 3 is 1.85 bits per heavy atom. The lowest BCUT2D eigenvalue weighted by atomic mass is 10.2. The van der Waals surface area contributed by atoms with E-state index in [9.17, 15) is 0 Å². The second-order valence-corrected chi connectivity index (χ2v) is 3.36. The molecule has 0 aliphatic rings. The highest BCUT2D eigenvalue weighted by Crippen LogP contribution is 2.19. The Morgan fingerprint density at radius 2 is 1.46 bits per heavy atom. The van der Waals surface area contributed by atoms with Crippen LogP contribution >= 0.6 is 0 Å². The summed E-state index contributed by atoms with van der Waals surface area (Å²) in [4.78, 5) is 0. The van der Waals surface area contributed by atoms with Crippen molar-refractivity contribution in [3.63, 3.8) is 0 Å². The molecule has 0 atom stereocenters. The maximum absolute atomic E-state index is 2.27. The summed E-state index contributed by atoms with van der Waals surface area (Å²) in [6.45, 7) is 6.77. The predicted octanol–water partition coefficient (Wildman–Crippen LogP) is -0.332. The second kappa shape index (κ2) is 5.60. The summed E-state index contributed by atoms with van der Waals surface area (Å²) >= 11 is 0. The van der Waals surface area contributed by atoms with Crippen LogP contribution in [-0.4, -0.2) is 20.1 Å². The summed E-state index contributed by atoms with van der Waals surface area (Å²) in [6.07, 6.45) is 0. The minimum Gasteiger partial charge on any atom is -1.00 e. The van der Waals surface area contributed by atoms with Crippen molar-refractivity contribution in [2.75, 3.05) is 20.1 Å². The first-order valence-corrected chi connectivity index (χ1v) is 4.63. The zero-order valence-electron chi connectivity index (χ0n) is 8.63. The molecule has 1 rings (SSSR count). The van der Waals surface area contributed by atoms with Crippen molar-refractivity contribution in [2.24, 2.45) is 0 Å². The van der Waals surface area contributed by atoms with Gasteiger partial charge in [-0.15, -0.1) is 0 Å². The van der Waals surface area contributed by atoms with E-state index in [1.54, 1.807) is 0 Å². The molecule has 13 heavy (non-hydrogen) atoms. The van der Waals surface area contributed by atoms with E-state index in [0.29, 0.717) is 0 Å². The number of rotatable bonds is 3. The van der Waals surface area contributed by atoms with Crippen molar-refractivity contribution in [2.45, 2.75) is 13.8 Å². The van der Waals surface area contributed by atoms with Gasteiger partial charge in [-0.25, -0.2) is 0 Å². The van der Waals surface area contributed by atoms with Gasteiger partial charge >= 0.3 is 0 Å². The van der Waals surface area contributed by atoms with E-state index >= 15 is 0 Å². The van der Waals surface area contributed by atoms with Gasteiger partial charge in [0.2, 0.25) is 0 Å². The molecule has 0 saturated heterocycles. The Labute approximate surface area is 98.4 Å². The Kier molecular flexibility index (Phi) is 5.56. The third-order valence-electron chi connectivity index (χ3n) is 2.78. The predicted molar refractivity (Wildman–Crippen MR) is 55.2 cm³/mol. The van der Waals surface area contributed by atoms with Gasteiger partial charge in [0.1, 0.15) is 5.69 Å². The minimum atomic E-state index is 0. The zero-order valence-corrected chi connectivity index (χ0v) is 10.8. The van der Waals surface area contributed by atoms with Gasteiger partial charge in [0.15, 0.2) is 0 Å². The van der Waals surface area contributed by atoms with Crippen molar-refractivity contribution in [1.82, 2.24) is 4.48 Å². The molecule has 74 valence electrons. The van der Waals surface area contributed by atoms with Crippen LogP contribution in [0.1, 0.15) is 13.8 Å². The first kappa shape index (κ1) is 12.9. The summed E-state index contributed by atoms with van der Waals surface area (Å²) in [7, 11) is 2.27. The molecule has 0 saturated carbocycles. The van der Waals surface area contributed by atoms with Crippen LogP contribution < -0.4 is 28.5 Å². The number of nitrogens with zero attached hydrogens (tertiary/aromatic N) is 1. The maximum atomic E-state index is 2.27. The van der Waals surface area contributed by atoms with E-state index in [4.69, 9.17) is 0 Å². The van der Waals surface area contributed by atoms with Gasteiger partial charge < -0.3 is 24.0 Å². The van der Waals surface area contributed by atoms with Gasteiger partial charge in [0.05, 0.1) is 20.1 Å². The molecular formula is C11H18IN. The van der Waals surface area contributed by atoms with Crippen molar-refractivity contribution >= 4 is 5.69 Å². The third-order valence-corrected chi connectivity index (χ3v) is 2.78. The van der Waals surface area contributed by atoms with E-state index in [0.717, 1.165) is 17.6 Å². The molecule has 0 aliphatic heterocycles. The lowest BCUT2D eigenvalue weighted by Crippen LogP contribution is -3.00. The quantitative estimate of drug-likeness (QED) is 0.528. The van der Waals surface area contributed by atoms with Crippen molar-refractivity contribution in [1.29, 1.82) is 0 Å². The number of halogens is 1. The molecule has 2 heteroatoms. The van der Waals surface area contributed by atoms with Crippen LogP contribution in [-0.2, 0) is 0 Å². The lowest BCUT2D eigenvalue weighted by Gasteiger charge is -2.31. The van der Waals surface area contributed by atoms with E-state index in [1.165, 1.54) is 5.69 Å². The Hall–Kier alpha value is -0.0900. The van der Waals surface area contributed by atoms with Crippen molar-refractivity contribution < 1.29 is 24.0 Å². The number of hydrogen-bond acceptors (Lipinski definition) is 0. The molecule has 0 N–H and O–H groups in total. The molecule has 0 heterocycles. The monoisotopic (exact) mass is 291 g/mol. The fourth-order valence-corrected chi connectivity index (χ4v) is 1.38. The molecule has 0 aliphatic carbocycles. The average molecular weight is 291 g/mol. The summed E-state index contributed by atoms with van der Waals surface area (Å²) in [5.41, 5.74) is 1.41. The normalized spacial score (nSPS) is 10.7. The molecule has 1 nitrogen and oxygen atoms in total. The van der Waals surface area contributed by atoms with Gasteiger partial charge in [0, 0.05) is 0 Å². The standard InChI is InChI=1S/C11H18N.HI/c1-4-12(3,5-2)11-9-7-6-8-10-11;/h6-10H,4-5H2,1-3H3;1H/q+1;/p-1. The lowest BCUT2D eigenvalue weighted by molar-refractivity contribution is -0.00000265. The van der Waals surface area contributed by atoms with E-state index in [2.05, 4.69) is 51.2 Å². The molecular weight excluding hydrogens is 273 g/mol. The maximum Gasteiger partial charge on any atom is 0.132 e. The van der Waals surface area contributed by atoms with Gasteiger partial charge in [-0.3, -0.25) is 4.48 Å².